The molecule has 0 radical (unpaired) electrons. The fourth-order valence-electron chi connectivity index (χ4n) is 2.96. The summed E-state index contributed by atoms with van der Waals surface area (Å²) >= 11 is 2.22. The largest absolute Gasteiger partial charge is 0.329 e. The molecule has 0 aliphatic heterocycles. The van der Waals surface area contributed by atoms with E-state index in [1.165, 1.54) is 51.4 Å². The van der Waals surface area contributed by atoms with Crippen LogP contribution in [-0.4, -0.2) is 17.0 Å². The van der Waals surface area contributed by atoms with E-state index in [2.05, 4.69) is 11.8 Å². The van der Waals surface area contributed by atoms with E-state index in [0.29, 0.717) is 0 Å². The second-order valence-electron chi connectivity index (χ2n) is 4.86. The van der Waals surface area contributed by atoms with Crippen LogP contribution in [0, 0.1) is 5.92 Å². The smallest absolute Gasteiger partial charge is 0.0201 e. The molecule has 0 saturated heterocycles. The molecule has 82 valence electrons. The van der Waals surface area contributed by atoms with Crippen molar-refractivity contribution >= 4 is 11.8 Å². The summed E-state index contributed by atoms with van der Waals surface area (Å²) in [6.45, 7) is 0.909. The van der Waals surface area contributed by atoms with Crippen molar-refractivity contribution in [3.05, 3.63) is 0 Å². The van der Waals surface area contributed by atoms with E-state index in [1.54, 1.807) is 0 Å². The highest BCUT2D eigenvalue weighted by Crippen LogP contribution is 2.39. The molecule has 2 N–H and O–H groups in total. The Hall–Kier alpha value is 0.310. The van der Waals surface area contributed by atoms with E-state index in [-0.39, 0.29) is 0 Å². The van der Waals surface area contributed by atoms with Crippen LogP contribution < -0.4 is 5.73 Å². The molecule has 2 heteroatoms. The fraction of sp³-hybridized carbons (Fsp3) is 1.00. The van der Waals surface area contributed by atoms with Gasteiger partial charge in [-0.3, -0.25) is 0 Å². The van der Waals surface area contributed by atoms with Crippen LogP contribution in [0.5, 0.6) is 0 Å². The van der Waals surface area contributed by atoms with Crippen LogP contribution in [0.25, 0.3) is 0 Å². The molecule has 2 rings (SSSR count). The lowest BCUT2D eigenvalue weighted by Gasteiger charge is -2.24. The summed E-state index contributed by atoms with van der Waals surface area (Å²) in [5.74, 6) is 0.950. The Labute approximate surface area is 92.2 Å². The zero-order valence-electron chi connectivity index (χ0n) is 9.08. The molecule has 0 heterocycles. The third kappa shape index (κ3) is 2.66. The normalized spacial score (nSPS) is 27.2. The lowest BCUT2D eigenvalue weighted by Crippen LogP contribution is -2.26. The molecule has 2 aliphatic rings. The van der Waals surface area contributed by atoms with E-state index < -0.39 is 0 Å². The minimum atomic E-state index is 0.778. The maximum atomic E-state index is 5.91. The van der Waals surface area contributed by atoms with Gasteiger partial charge in [0.25, 0.3) is 0 Å². The van der Waals surface area contributed by atoms with Gasteiger partial charge in [0.1, 0.15) is 0 Å². The predicted octanol–water partition coefficient (Wildman–Crippen LogP) is 3.18. The van der Waals surface area contributed by atoms with Gasteiger partial charge in [0, 0.05) is 17.0 Å². The van der Waals surface area contributed by atoms with Gasteiger partial charge in [-0.15, -0.1) is 0 Å². The molecule has 2 saturated carbocycles. The summed E-state index contributed by atoms with van der Waals surface area (Å²) in [6.07, 6.45) is 11.6. The van der Waals surface area contributed by atoms with Gasteiger partial charge < -0.3 is 5.73 Å². The van der Waals surface area contributed by atoms with Crippen molar-refractivity contribution in [2.45, 2.75) is 61.9 Å². The third-order valence-electron chi connectivity index (χ3n) is 3.83. The van der Waals surface area contributed by atoms with E-state index in [1.807, 2.05) is 0 Å². The summed E-state index contributed by atoms with van der Waals surface area (Å²) in [7, 11) is 0. The Morgan fingerprint density at radius 1 is 1.00 bits per heavy atom. The quantitative estimate of drug-likeness (QED) is 0.776. The molecule has 0 aromatic heterocycles. The second kappa shape index (κ2) is 5.41. The van der Waals surface area contributed by atoms with Crippen LogP contribution in [0.15, 0.2) is 0 Å². The van der Waals surface area contributed by atoms with Crippen molar-refractivity contribution in [3.63, 3.8) is 0 Å². The Morgan fingerprint density at radius 3 is 2.14 bits per heavy atom. The number of hydrogen-bond acceptors (Lipinski definition) is 2. The molecule has 1 unspecified atom stereocenters. The molecular weight excluding hydrogens is 190 g/mol. The van der Waals surface area contributed by atoms with Crippen molar-refractivity contribution in [3.8, 4) is 0 Å². The van der Waals surface area contributed by atoms with Gasteiger partial charge in [0.2, 0.25) is 0 Å². The molecule has 0 aromatic carbocycles. The molecule has 0 bridgehead atoms. The molecule has 0 aromatic rings. The standard InChI is InChI=1S/C12H23NS/c13-9-12(10-5-1-2-6-10)14-11-7-3-4-8-11/h10-12H,1-9,13H2. The first kappa shape index (κ1) is 10.8. The minimum absolute atomic E-state index is 0.778. The average Bonchev–Trinajstić information content (AvgIpc) is 2.86. The summed E-state index contributed by atoms with van der Waals surface area (Å²) in [6, 6.07) is 0. The van der Waals surface area contributed by atoms with Gasteiger partial charge in [-0.25, -0.2) is 0 Å². The summed E-state index contributed by atoms with van der Waals surface area (Å²) in [4.78, 5) is 0. The van der Waals surface area contributed by atoms with Gasteiger partial charge >= 0.3 is 0 Å². The molecule has 2 aliphatic carbocycles. The monoisotopic (exact) mass is 213 g/mol. The predicted molar refractivity (Wildman–Crippen MR) is 64.6 cm³/mol. The first-order valence-electron chi connectivity index (χ1n) is 6.25. The third-order valence-corrected chi connectivity index (χ3v) is 5.61. The Morgan fingerprint density at radius 2 is 1.57 bits per heavy atom. The van der Waals surface area contributed by atoms with E-state index in [9.17, 15) is 0 Å². The molecule has 0 amide bonds. The van der Waals surface area contributed by atoms with Crippen molar-refractivity contribution in [2.24, 2.45) is 11.7 Å². The summed E-state index contributed by atoms with van der Waals surface area (Å²) < 4.78 is 0. The van der Waals surface area contributed by atoms with Gasteiger partial charge in [-0.05, 0) is 31.6 Å². The summed E-state index contributed by atoms with van der Waals surface area (Å²) in [5, 5.41) is 1.73. The number of nitrogens with two attached hydrogens (primary N) is 1. The van der Waals surface area contributed by atoms with E-state index in [0.717, 1.165) is 23.0 Å². The van der Waals surface area contributed by atoms with Gasteiger partial charge in [0.15, 0.2) is 0 Å². The number of rotatable bonds is 4. The van der Waals surface area contributed by atoms with Crippen molar-refractivity contribution in [1.82, 2.24) is 0 Å². The first-order chi connectivity index (χ1) is 6.90. The van der Waals surface area contributed by atoms with E-state index in [4.69, 9.17) is 5.73 Å². The number of hydrogen-bond donors (Lipinski definition) is 1. The SMILES string of the molecule is NCC(SC1CCCC1)C1CCCC1. The van der Waals surface area contributed by atoms with Crippen LogP contribution in [0.1, 0.15) is 51.4 Å². The Balaban J connectivity index is 1.79. The molecule has 14 heavy (non-hydrogen) atoms. The van der Waals surface area contributed by atoms with Crippen molar-refractivity contribution < 1.29 is 0 Å². The van der Waals surface area contributed by atoms with Crippen LogP contribution in [0.3, 0.4) is 0 Å². The zero-order valence-corrected chi connectivity index (χ0v) is 9.90. The zero-order chi connectivity index (χ0) is 9.80. The molecular formula is C12H23NS. The minimum Gasteiger partial charge on any atom is -0.329 e. The van der Waals surface area contributed by atoms with Crippen molar-refractivity contribution in [1.29, 1.82) is 0 Å². The number of thioether (sulfide) groups is 1. The topological polar surface area (TPSA) is 26.0 Å². The van der Waals surface area contributed by atoms with Crippen molar-refractivity contribution in [2.75, 3.05) is 6.54 Å². The highest BCUT2D eigenvalue weighted by molar-refractivity contribution is 8.00. The maximum absolute atomic E-state index is 5.91. The molecule has 1 nitrogen and oxygen atoms in total. The van der Waals surface area contributed by atoms with Crippen LogP contribution in [0.4, 0.5) is 0 Å². The maximum Gasteiger partial charge on any atom is 0.0201 e. The highest BCUT2D eigenvalue weighted by atomic mass is 32.2. The van der Waals surface area contributed by atoms with Gasteiger partial charge in [-0.2, -0.15) is 11.8 Å². The van der Waals surface area contributed by atoms with Gasteiger partial charge in [0.05, 0.1) is 0 Å². The second-order valence-corrected chi connectivity index (χ2v) is 6.41. The lowest BCUT2D eigenvalue weighted by molar-refractivity contribution is 0.524. The molecule has 0 spiro atoms. The molecule has 2 fully saturated rings. The Kier molecular flexibility index (Phi) is 4.18. The van der Waals surface area contributed by atoms with Crippen LogP contribution in [-0.2, 0) is 0 Å². The van der Waals surface area contributed by atoms with E-state index >= 15 is 0 Å². The average molecular weight is 213 g/mol. The molecule has 1 atom stereocenters. The lowest BCUT2D eigenvalue weighted by atomic mass is 10.0. The highest BCUT2D eigenvalue weighted by Gasteiger charge is 2.27. The van der Waals surface area contributed by atoms with Crippen LogP contribution >= 0.6 is 11.8 Å². The fourth-order valence-corrected chi connectivity index (χ4v) is 4.67. The van der Waals surface area contributed by atoms with Gasteiger partial charge in [-0.1, -0.05) is 25.7 Å². The Bertz CT molecular complexity index is 160. The first-order valence-corrected chi connectivity index (χ1v) is 7.20. The summed E-state index contributed by atoms with van der Waals surface area (Å²) in [5.41, 5.74) is 5.91. The van der Waals surface area contributed by atoms with Crippen LogP contribution in [0.2, 0.25) is 0 Å².